The van der Waals surface area contributed by atoms with Gasteiger partial charge in [-0.25, -0.2) is 4.79 Å². The molecular formula is C13H13NO2. The molecule has 1 N–H and O–H groups in total. The molecule has 1 aliphatic carbocycles. The first-order valence-corrected chi connectivity index (χ1v) is 5.57. The van der Waals surface area contributed by atoms with Crippen molar-refractivity contribution < 1.29 is 9.90 Å². The lowest BCUT2D eigenvalue weighted by Crippen LogP contribution is -2.04. The number of hydrogen-bond acceptors (Lipinski definition) is 1. The molecule has 1 heterocycles. The number of carboxylic acid groups (broad SMARTS) is 1. The van der Waals surface area contributed by atoms with Crippen LogP contribution in [0.3, 0.4) is 0 Å². The number of carbonyl (C=O) groups is 1. The molecule has 0 radical (unpaired) electrons. The summed E-state index contributed by atoms with van der Waals surface area (Å²) in [5.74, 6) is -0.0983. The van der Waals surface area contributed by atoms with Gasteiger partial charge in [-0.15, -0.1) is 0 Å². The second kappa shape index (κ2) is 3.37. The van der Waals surface area contributed by atoms with Crippen LogP contribution in [0.5, 0.6) is 0 Å². The van der Waals surface area contributed by atoms with E-state index in [1.54, 1.807) is 12.1 Å². The number of benzene rings is 1. The molecule has 16 heavy (non-hydrogen) atoms. The van der Waals surface area contributed by atoms with Gasteiger partial charge in [-0.2, -0.15) is 0 Å². The van der Waals surface area contributed by atoms with Gasteiger partial charge in [0.2, 0.25) is 0 Å². The lowest BCUT2D eigenvalue weighted by Gasteiger charge is -2.06. The van der Waals surface area contributed by atoms with E-state index in [9.17, 15) is 4.79 Å². The third-order valence-electron chi connectivity index (χ3n) is 3.17. The average Bonchev–Trinajstić information content (AvgIpc) is 2.98. The van der Waals surface area contributed by atoms with Crippen molar-refractivity contribution in [2.75, 3.05) is 0 Å². The molecule has 3 heteroatoms. The topological polar surface area (TPSA) is 42.2 Å². The van der Waals surface area contributed by atoms with Gasteiger partial charge in [-0.3, -0.25) is 0 Å². The van der Waals surface area contributed by atoms with E-state index >= 15 is 0 Å². The van der Waals surface area contributed by atoms with Gasteiger partial charge >= 0.3 is 5.97 Å². The number of para-hydroxylation sites is 1. The fourth-order valence-corrected chi connectivity index (χ4v) is 2.16. The third kappa shape index (κ3) is 1.48. The largest absolute Gasteiger partial charge is 0.478 e. The summed E-state index contributed by atoms with van der Waals surface area (Å²) >= 11 is 0. The van der Waals surface area contributed by atoms with Crippen LogP contribution in [0.15, 0.2) is 30.5 Å². The molecule has 1 aliphatic rings. The predicted molar refractivity (Wildman–Crippen MR) is 61.6 cm³/mol. The number of nitrogens with zero attached hydrogens (tertiary/aromatic N) is 1. The summed E-state index contributed by atoms with van der Waals surface area (Å²) in [5, 5.41) is 10.2. The third-order valence-corrected chi connectivity index (χ3v) is 3.17. The van der Waals surface area contributed by atoms with E-state index < -0.39 is 5.97 Å². The molecular weight excluding hydrogens is 202 g/mol. The monoisotopic (exact) mass is 215 g/mol. The molecule has 1 fully saturated rings. The molecule has 1 saturated carbocycles. The average molecular weight is 215 g/mol. The van der Waals surface area contributed by atoms with Crippen LogP contribution in [-0.4, -0.2) is 15.6 Å². The van der Waals surface area contributed by atoms with Crippen LogP contribution >= 0.6 is 0 Å². The van der Waals surface area contributed by atoms with Crippen molar-refractivity contribution in [1.82, 2.24) is 4.57 Å². The normalized spacial score (nSPS) is 15.5. The van der Waals surface area contributed by atoms with Crippen LogP contribution in [0.25, 0.3) is 10.9 Å². The van der Waals surface area contributed by atoms with Gasteiger partial charge in [0.15, 0.2) is 0 Å². The Labute approximate surface area is 93.3 Å². The molecule has 2 aromatic rings. The smallest absolute Gasteiger partial charge is 0.337 e. The summed E-state index contributed by atoms with van der Waals surface area (Å²) in [5.41, 5.74) is 1.27. The van der Waals surface area contributed by atoms with Crippen molar-refractivity contribution in [3.8, 4) is 0 Å². The number of rotatable bonds is 3. The molecule has 0 aliphatic heterocycles. The van der Waals surface area contributed by atoms with Crippen LogP contribution < -0.4 is 0 Å². The van der Waals surface area contributed by atoms with Crippen molar-refractivity contribution in [3.63, 3.8) is 0 Å². The highest BCUT2D eigenvalue weighted by molar-refractivity contribution is 6.02. The Kier molecular flexibility index (Phi) is 1.99. The summed E-state index contributed by atoms with van der Waals surface area (Å²) in [4.78, 5) is 11.2. The quantitative estimate of drug-likeness (QED) is 0.855. The van der Waals surface area contributed by atoms with Gasteiger partial charge in [-0.1, -0.05) is 12.1 Å². The molecule has 3 rings (SSSR count). The zero-order chi connectivity index (χ0) is 11.1. The molecule has 0 atom stereocenters. The van der Waals surface area contributed by atoms with Gasteiger partial charge in [0.1, 0.15) is 0 Å². The van der Waals surface area contributed by atoms with Crippen molar-refractivity contribution in [2.45, 2.75) is 19.4 Å². The summed E-state index contributed by atoms with van der Waals surface area (Å²) in [7, 11) is 0. The Hall–Kier alpha value is -1.77. The van der Waals surface area contributed by atoms with E-state index in [1.807, 2.05) is 18.3 Å². The van der Waals surface area contributed by atoms with E-state index in [4.69, 9.17) is 5.11 Å². The summed E-state index contributed by atoms with van der Waals surface area (Å²) in [6.45, 7) is 0.952. The predicted octanol–water partition coefficient (Wildman–Crippen LogP) is 2.75. The summed E-state index contributed by atoms with van der Waals surface area (Å²) in [6.07, 6.45) is 4.54. The van der Waals surface area contributed by atoms with Crippen LogP contribution in [-0.2, 0) is 6.54 Å². The highest BCUT2D eigenvalue weighted by Crippen LogP contribution is 2.32. The minimum Gasteiger partial charge on any atom is -0.478 e. The van der Waals surface area contributed by atoms with Crippen molar-refractivity contribution in [2.24, 2.45) is 5.92 Å². The fourth-order valence-electron chi connectivity index (χ4n) is 2.16. The molecule has 0 unspecified atom stereocenters. The Morgan fingerprint density at radius 3 is 2.88 bits per heavy atom. The number of hydrogen-bond donors (Lipinski definition) is 1. The molecule has 1 aromatic heterocycles. The van der Waals surface area contributed by atoms with Crippen molar-refractivity contribution >= 4 is 16.9 Å². The molecule has 0 saturated heterocycles. The second-order valence-electron chi connectivity index (χ2n) is 4.46. The molecule has 82 valence electrons. The van der Waals surface area contributed by atoms with E-state index in [1.165, 1.54) is 12.8 Å². The second-order valence-corrected chi connectivity index (χ2v) is 4.46. The van der Waals surface area contributed by atoms with E-state index in [-0.39, 0.29) is 0 Å². The Morgan fingerprint density at radius 2 is 2.19 bits per heavy atom. The zero-order valence-corrected chi connectivity index (χ0v) is 8.89. The van der Waals surface area contributed by atoms with Crippen molar-refractivity contribution in [3.05, 3.63) is 36.0 Å². The first kappa shape index (κ1) is 9.46. The maximum atomic E-state index is 11.2. The first-order chi connectivity index (χ1) is 7.75. The SMILES string of the molecule is O=C(O)c1cccc2ccn(CC3CC3)c12. The number of carboxylic acids is 1. The van der Waals surface area contributed by atoms with Crippen LogP contribution in [0.1, 0.15) is 23.2 Å². The fraction of sp³-hybridized carbons (Fsp3) is 0.308. The molecule has 1 aromatic carbocycles. The number of aromatic carboxylic acids is 1. The Morgan fingerprint density at radius 1 is 1.38 bits per heavy atom. The summed E-state index contributed by atoms with van der Waals surface area (Å²) < 4.78 is 2.08. The van der Waals surface area contributed by atoms with Gasteiger partial charge in [0.25, 0.3) is 0 Å². The van der Waals surface area contributed by atoms with Crippen LogP contribution in [0.4, 0.5) is 0 Å². The maximum Gasteiger partial charge on any atom is 0.337 e. The Bertz CT molecular complexity index is 552. The van der Waals surface area contributed by atoms with Gasteiger partial charge < -0.3 is 9.67 Å². The van der Waals surface area contributed by atoms with E-state index in [2.05, 4.69) is 4.57 Å². The zero-order valence-electron chi connectivity index (χ0n) is 8.89. The highest BCUT2D eigenvalue weighted by atomic mass is 16.4. The van der Waals surface area contributed by atoms with Crippen molar-refractivity contribution in [1.29, 1.82) is 0 Å². The number of aromatic nitrogens is 1. The summed E-state index contributed by atoms with van der Waals surface area (Å²) in [6, 6.07) is 7.43. The lowest BCUT2D eigenvalue weighted by molar-refractivity contribution is 0.0698. The van der Waals surface area contributed by atoms with E-state index in [0.29, 0.717) is 5.56 Å². The Balaban J connectivity index is 2.16. The maximum absolute atomic E-state index is 11.2. The van der Waals surface area contributed by atoms with Gasteiger partial charge in [0, 0.05) is 18.1 Å². The minimum absolute atomic E-state index is 0.406. The van der Waals surface area contributed by atoms with E-state index in [0.717, 1.165) is 23.4 Å². The highest BCUT2D eigenvalue weighted by Gasteiger charge is 2.23. The molecule has 0 amide bonds. The minimum atomic E-state index is -0.846. The molecule has 0 bridgehead atoms. The van der Waals surface area contributed by atoms with Crippen LogP contribution in [0, 0.1) is 5.92 Å². The van der Waals surface area contributed by atoms with Gasteiger partial charge in [-0.05, 0) is 30.9 Å². The number of fused-ring (bicyclic) bond motifs is 1. The standard InChI is InChI=1S/C13H13NO2/c15-13(16)11-3-1-2-10-6-7-14(12(10)11)8-9-4-5-9/h1-3,6-7,9H,4-5,8H2,(H,15,16). The van der Waals surface area contributed by atoms with Gasteiger partial charge in [0.05, 0.1) is 11.1 Å². The first-order valence-electron chi connectivity index (χ1n) is 5.57. The van der Waals surface area contributed by atoms with Crippen LogP contribution in [0.2, 0.25) is 0 Å². The molecule has 3 nitrogen and oxygen atoms in total. The molecule has 0 spiro atoms. The lowest BCUT2D eigenvalue weighted by atomic mass is 10.1.